The van der Waals surface area contributed by atoms with Crippen LogP contribution in [0.3, 0.4) is 0 Å². The Balaban J connectivity index is 1.49. The van der Waals surface area contributed by atoms with E-state index in [1.54, 1.807) is 12.5 Å². The van der Waals surface area contributed by atoms with E-state index >= 15 is 0 Å². The van der Waals surface area contributed by atoms with Gasteiger partial charge in [0.05, 0.1) is 11.9 Å². The van der Waals surface area contributed by atoms with E-state index in [2.05, 4.69) is 64.6 Å². The number of aromatic nitrogens is 4. The third kappa shape index (κ3) is 3.40. The lowest BCUT2D eigenvalue weighted by molar-refractivity contribution is 0.420. The van der Waals surface area contributed by atoms with Crippen LogP contribution in [0, 0.1) is 5.41 Å². The van der Waals surface area contributed by atoms with E-state index in [-0.39, 0.29) is 5.92 Å². The van der Waals surface area contributed by atoms with Gasteiger partial charge in [-0.3, -0.25) is 5.41 Å². The highest BCUT2D eigenvalue weighted by atomic mass is 16.5. The maximum atomic E-state index is 9.13. The molecule has 0 bridgehead atoms. The molecule has 0 aliphatic carbocycles. The first-order valence-electron chi connectivity index (χ1n) is 11.1. The molecule has 1 aliphatic rings. The number of ether oxygens (including phenoxy) is 1. The Morgan fingerprint density at radius 2 is 1.73 bits per heavy atom. The van der Waals surface area contributed by atoms with Gasteiger partial charge in [0, 0.05) is 37.0 Å². The van der Waals surface area contributed by atoms with Gasteiger partial charge in [-0.25, -0.2) is 9.97 Å². The van der Waals surface area contributed by atoms with E-state index in [4.69, 9.17) is 10.1 Å². The lowest BCUT2D eigenvalue weighted by atomic mass is 9.81. The molecule has 1 N–H and O–H groups in total. The molecule has 3 heterocycles. The van der Waals surface area contributed by atoms with Crippen LogP contribution in [0.2, 0.25) is 0 Å². The van der Waals surface area contributed by atoms with Crippen molar-refractivity contribution in [3.8, 4) is 11.6 Å². The van der Waals surface area contributed by atoms with Crippen molar-refractivity contribution in [2.24, 2.45) is 0 Å². The number of benzene rings is 3. The molecule has 0 saturated heterocycles. The summed E-state index contributed by atoms with van der Waals surface area (Å²) >= 11 is 0. The quantitative estimate of drug-likeness (QED) is 0.412. The van der Waals surface area contributed by atoms with E-state index < -0.39 is 0 Å². The van der Waals surface area contributed by atoms with Gasteiger partial charge < -0.3 is 13.9 Å². The summed E-state index contributed by atoms with van der Waals surface area (Å²) in [4.78, 5) is 8.75. The maximum absolute atomic E-state index is 9.13. The third-order valence-corrected chi connectivity index (χ3v) is 6.31. The predicted molar refractivity (Wildman–Crippen MR) is 126 cm³/mol. The Morgan fingerprint density at radius 3 is 2.58 bits per heavy atom. The Morgan fingerprint density at radius 1 is 0.879 bits per heavy atom. The Bertz CT molecular complexity index is 1490. The highest BCUT2D eigenvalue weighted by Crippen LogP contribution is 2.47. The minimum absolute atomic E-state index is 0.128. The van der Waals surface area contributed by atoms with Crippen LogP contribution in [0.25, 0.3) is 10.8 Å². The standard InChI is InChI=1S/C27H23N5O/c28-26-25-23(20-8-2-1-3-9-20)24-21-10-5-4-7-19(21)11-12-22(24)33-27(25)30-18-32(26)15-6-14-31-16-13-29-17-31/h1-5,7-13,16-18,23,28H,6,14-15H2. The number of nitrogens with zero attached hydrogens (tertiary/aromatic N) is 4. The van der Waals surface area contributed by atoms with Gasteiger partial charge in [0.2, 0.25) is 5.88 Å². The van der Waals surface area contributed by atoms with Crippen LogP contribution in [-0.4, -0.2) is 19.1 Å². The molecule has 5 aromatic rings. The zero-order chi connectivity index (χ0) is 22.2. The molecule has 1 unspecified atom stereocenters. The summed E-state index contributed by atoms with van der Waals surface area (Å²) in [6.45, 7) is 1.54. The monoisotopic (exact) mass is 433 g/mol. The van der Waals surface area contributed by atoms with Gasteiger partial charge in [-0.15, -0.1) is 0 Å². The third-order valence-electron chi connectivity index (χ3n) is 6.31. The number of hydrogen-bond donors (Lipinski definition) is 1. The molecule has 33 heavy (non-hydrogen) atoms. The SMILES string of the molecule is N=c1c2c(ncn1CCCn1ccnc1)Oc1ccc3ccccc3c1C2c1ccccc1. The molecule has 1 aliphatic heterocycles. The smallest absolute Gasteiger partial charge is 0.228 e. The number of nitrogens with one attached hydrogen (secondary N) is 1. The molecule has 0 fully saturated rings. The lowest BCUT2D eigenvalue weighted by Crippen LogP contribution is -2.30. The second kappa shape index (κ2) is 8.06. The molecule has 2 aromatic heterocycles. The second-order valence-corrected chi connectivity index (χ2v) is 8.30. The van der Waals surface area contributed by atoms with Gasteiger partial charge in [-0.1, -0.05) is 60.7 Å². The first-order chi connectivity index (χ1) is 16.3. The zero-order valence-electron chi connectivity index (χ0n) is 18.1. The molecule has 1 atom stereocenters. The average molecular weight is 434 g/mol. The first-order valence-corrected chi connectivity index (χ1v) is 11.1. The molecule has 3 aromatic carbocycles. The normalized spacial score (nSPS) is 14.5. The van der Waals surface area contributed by atoms with Gasteiger partial charge in [0.15, 0.2) is 0 Å². The number of rotatable bonds is 5. The van der Waals surface area contributed by atoms with Crippen molar-refractivity contribution >= 4 is 10.8 Å². The van der Waals surface area contributed by atoms with Crippen molar-refractivity contribution in [3.05, 3.63) is 114 Å². The fourth-order valence-corrected chi connectivity index (χ4v) is 4.75. The minimum Gasteiger partial charge on any atom is -0.438 e. The maximum Gasteiger partial charge on any atom is 0.228 e. The summed E-state index contributed by atoms with van der Waals surface area (Å²) in [7, 11) is 0. The highest BCUT2D eigenvalue weighted by molar-refractivity contribution is 5.90. The predicted octanol–water partition coefficient (Wildman–Crippen LogP) is 5.09. The molecular formula is C27H23N5O. The minimum atomic E-state index is -0.128. The van der Waals surface area contributed by atoms with E-state index in [0.717, 1.165) is 46.2 Å². The topological polar surface area (TPSA) is 68.7 Å². The van der Waals surface area contributed by atoms with E-state index in [9.17, 15) is 0 Å². The van der Waals surface area contributed by atoms with Gasteiger partial charge in [0.25, 0.3) is 0 Å². The lowest BCUT2D eigenvalue weighted by Gasteiger charge is -2.29. The van der Waals surface area contributed by atoms with Crippen molar-refractivity contribution in [2.75, 3.05) is 0 Å². The van der Waals surface area contributed by atoms with Gasteiger partial charge in [-0.2, -0.15) is 0 Å². The summed E-state index contributed by atoms with van der Waals surface area (Å²) in [5.41, 5.74) is 3.48. The molecule has 6 rings (SSSR count). The van der Waals surface area contributed by atoms with Gasteiger partial charge >= 0.3 is 0 Å². The van der Waals surface area contributed by atoms with Crippen molar-refractivity contribution in [3.63, 3.8) is 0 Å². The molecule has 0 spiro atoms. The summed E-state index contributed by atoms with van der Waals surface area (Å²) < 4.78 is 10.3. The summed E-state index contributed by atoms with van der Waals surface area (Å²) in [6.07, 6.45) is 8.16. The van der Waals surface area contributed by atoms with Crippen LogP contribution in [-0.2, 0) is 13.1 Å². The Labute approximate surface area is 191 Å². The highest BCUT2D eigenvalue weighted by Gasteiger charge is 2.33. The van der Waals surface area contributed by atoms with Crippen LogP contribution in [0.5, 0.6) is 11.6 Å². The van der Waals surface area contributed by atoms with Gasteiger partial charge in [-0.05, 0) is 28.8 Å². The van der Waals surface area contributed by atoms with E-state index in [1.807, 2.05) is 33.8 Å². The summed E-state index contributed by atoms with van der Waals surface area (Å²) in [5, 5.41) is 11.4. The molecule has 6 heteroatoms. The number of fused-ring (bicyclic) bond motifs is 4. The largest absolute Gasteiger partial charge is 0.438 e. The number of imidazole rings is 1. The van der Waals surface area contributed by atoms with Crippen molar-refractivity contribution in [2.45, 2.75) is 25.4 Å². The van der Waals surface area contributed by atoms with Crippen molar-refractivity contribution in [1.82, 2.24) is 19.1 Å². The Hall–Kier alpha value is -4.19. The second-order valence-electron chi connectivity index (χ2n) is 8.30. The van der Waals surface area contributed by atoms with Crippen LogP contribution in [0.15, 0.2) is 91.8 Å². The molecule has 0 saturated carbocycles. The Kier molecular flexibility index (Phi) is 4.76. The molecule has 0 radical (unpaired) electrons. The summed E-state index contributed by atoms with van der Waals surface area (Å²) in [5.74, 6) is 1.19. The van der Waals surface area contributed by atoms with Crippen LogP contribution in [0.1, 0.15) is 29.0 Å². The molecule has 0 amide bonds. The van der Waals surface area contributed by atoms with Crippen LogP contribution in [0.4, 0.5) is 0 Å². The van der Waals surface area contributed by atoms with Crippen molar-refractivity contribution < 1.29 is 4.74 Å². The fourth-order valence-electron chi connectivity index (χ4n) is 4.75. The molecule has 6 nitrogen and oxygen atoms in total. The van der Waals surface area contributed by atoms with Crippen molar-refractivity contribution in [1.29, 1.82) is 5.41 Å². The van der Waals surface area contributed by atoms with E-state index in [1.165, 1.54) is 0 Å². The number of hydrogen-bond acceptors (Lipinski definition) is 4. The van der Waals surface area contributed by atoms with Gasteiger partial charge in [0.1, 0.15) is 17.6 Å². The molecule has 162 valence electrons. The first kappa shape index (κ1) is 19.5. The summed E-state index contributed by atoms with van der Waals surface area (Å²) in [6, 6.07) is 22.8. The average Bonchev–Trinajstić information content (AvgIpc) is 3.38. The van der Waals surface area contributed by atoms with E-state index in [0.29, 0.717) is 17.9 Å². The number of aryl methyl sites for hydroxylation is 2. The zero-order valence-corrected chi connectivity index (χ0v) is 18.1. The molecular weight excluding hydrogens is 410 g/mol. The fraction of sp³-hybridized carbons (Fsp3) is 0.148. The van der Waals surface area contributed by atoms with Crippen LogP contribution < -0.4 is 10.2 Å². The van der Waals surface area contributed by atoms with Crippen LogP contribution >= 0.6 is 0 Å².